The molecule has 1 amide bonds. The van der Waals surface area contributed by atoms with Crippen molar-refractivity contribution in [1.82, 2.24) is 4.90 Å². The van der Waals surface area contributed by atoms with Gasteiger partial charge in [0.05, 0.1) is 5.41 Å². The molecule has 0 aromatic rings. The zero-order valence-corrected chi connectivity index (χ0v) is 13.2. The van der Waals surface area contributed by atoms with Gasteiger partial charge in [-0.3, -0.25) is 4.79 Å². The molecule has 112 valence electrons. The van der Waals surface area contributed by atoms with E-state index < -0.39 is 0 Å². The van der Waals surface area contributed by atoms with Crippen LogP contribution in [-0.4, -0.2) is 30.4 Å². The third-order valence-electron chi connectivity index (χ3n) is 5.22. The molecule has 0 heterocycles. The van der Waals surface area contributed by atoms with Gasteiger partial charge in [-0.2, -0.15) is 0 Å². The molecule has 0 saturated heterocycles. The molecular weight excluding hydrogens is 260 g/mol. The fraction of sp³-hybridized carbons (Fsp3) is 0.933. The first-order chi connectivity index (χ1) is 8.70. The Balaban J connectivity index is 0.00000180. The summed E-state index contributed by atoms with van der Waals surface area (Å²) in [5.41, 5.74) is 5.80. The SMILES string of the molecule is CCN(CC)C(=O)C1(C2CCCCC2)CC1CN.Cl. The number of halogens is 1. The molecule has 2 saturated carbocycles. The van der Waals surface area contributed by atoms with Crippen molar-refractivity contribution in [2.24, 2.45) is 23.0 Å². The molecule has 0 aliphatic heterocycles. The maximum absolute atomic E-state index is 12.8. The minimum Gasteiger partial charge on any atom is -0.343 e. The van der Waals surface area contributed by atoms with Crippen molar-refractivity contribution in [3.05, 3.63) is 0 Å². The number of carbonyl (C=O) groups is 1. The van der Waals surface area contributed by atoms with Crippen LogP contribution in [0.2, 0.25) is 0 Å². The van der Waals surface area contributed by atoms with E-state index in [1.165, 1.54) is 32.1 Å². The molecular formula is C15H29ClN2O. The van der Waals surface area contributed by atoms with Gasteiger partial charge in [0.2, 0.25) is 5.91 Å². The highest BCUT2D eigenvalue weighted by Gasteiger charge is 2.63. The minimum absolute atomic E-state index is 0. The molecule has 2 aliphatic carbocycles. The van der Waals surface area contributed by atoms with Gasteiger partial charge < -0.3 is 10.6 Å². The summed E-state index contributed by atoms with van der Waals surface area (Å²) in [5, 5.41) is 0. The van der Waals surface area contributed by atoms with Crippen molar-refractivity contribution >= 4 is 18.3 Å². The van der Waals surface area contributed by atoms with Gasteiger partial charge in [-0.25, -0.2) is 0 Å². The van der Waals surface area contributed by atoms with Gasteiger partial charge in [-0.1, -0.05) is 19.3 Å². The average molecular weight is 289 g/mol. The average Bonchev–Trinajstić information content (AvgIpc) is 3.17. The van der Waals surface area contributed by atoms with Crippen molar-refractivity contribution in [1.29, 1.82) is 0 Å². The molecule has 0 aromatic heterocycles. The quantitative estimate of drug-likeness (QED) is 0.845. The zero-order valence-electron chi connectivity index (χ0n) is 12.4. The second-order valence-corrected chi connectivity index (χ2v) is 5.99. The van der Waals surface area contributed by atoms with Gasteiger partial charge in [-0.05, 0) is 51.5 Å². The van der Waals surface area contributed by atoms with Gasteiger partial charge in [-0.15, -0.1) is 12.4 Å². The van der Waals surface area contributed by atoms with E-state index in [9.17, 15) is 4.79 Å². The lowest BCUT2D eigenvalue weighted by Gasteiger charge is -2.34. The van der Waals surface area contributed by atoms with Crippen LogP contribution in [0.1, 0.15) is 52.4 Å². The smallest absolute Gasteiger partial charge is 0.229 e. The summed E-state index contributed by atoms with van der Waals surface area (Å²) in [4.78, 5) is 14.8. The Morgan fingerprint density at radius 3 is 2.21 bits per heavy atom. The normalized spacial score (nSPS) is 30.6. The van der Waals surface area contributed by atoms with Crippen molar-refractivity contribution in [2.75, 3.05) is 19.6 Å². The predicted molar refractivity (Wildman–Crippen MR) is 81.3 cm³/mol. The van der Waals surface area contributed by atoms with Crippen molar-refractivity contribution in [3.63, 3.8) is 0 Å². The predicted octanol–water partition coefficient (Wildman–Crippen LogP) is 2.82. The summed E-state index contributed by atoms with van der Waals surface area (Å²) in [6.45, 7) is 6.51. The third-order valence-corrected chi connectivity index (χ3v) is 5.22. The molecule has 0 radical (unpaired) electrons. The first-order valence-corrected chi connectivity index (χ1v) is 7.70. The van der Waals surface area contributed by atoms with Crippen molar-refractivity contribution in [2.45, 2.75) is 52.4 Å². The number of nitrogens with zero attached hydrogens (tertiary/aromatic N) is 1. The Kier molecular flexibility index (Phi) is 6.13. The molecule has 2 atom stereocenters. The summed E-state index contributed by atoms with van der Waals surface area (Å²) >= 11 is 0. The first kappa shape index (κ1) is 16.8. The van der Waals surface area contributed by atoms with Gasteiger partial charge in [0, 0.05) is 13.1 Å². The zero-order chi connectivity index (χ0) is 13.2. The highest BCUT2D eigenvalue weighted by molar-refractivity contribution is 5.86. The maximum Gasteiger partial charge on any atom is 0.229 e. The van der Waals surface area contributed by atoms with E-state index in [0.29, 0.717) is 24.3 Å². The Morgan fingerprint density at radius 2 is 1.79 bits per heavy atom. The Labute approximate surface area is 123 Å². The van der Waals surface area contributed by atoms with Crippen molar-refractivity contribution in [3.8, 4) is 0 Å². The lowest BCUT2D eigenvalue weighted by molar-refractivity contribution is -0.140. The molecule has 2 unspecified atom stereocenters. The lowest BCUT2D eigenvalue weighted by Crippen LogP contribution is -2.42. The van der Waals surface area contributed by atoms with Crippen LogP contribution < -0.4 is 5.73 Å². The van der Waals surface area contributed by atoms with Crippen LogP contribution in [-0.2, 0) is 4.79 Å². The number of nitrogens with two attached hydrogens (primary N) is 1. The lowest BCUT2D eigenvalue weighted by atomic mass is 9.75. The van der Waals surface area contributed by atoms with Gasteiger partial charge in [0.1, 0.15) is 0 Å². The van der Waals surface area contributed by atoms with E-state index in [-0.39, 0.29) is 17.8 Å². The van der Waals surface area contributed by atoms with Crippen LogP contribution in [0.4, 0.5) is 0 Å². The summed E-state index contributed by atoms with van der Waals surface area (Å²) in [6, 6.07) is 0. The molecule has 0 bridgehead atoms. The summed E-state index contributed by atoms with van der Waals surface area (Å²) in [5.74, 6) is 1.46. The molecule has 2 aliphatic rings. The van der Waals surface area contributed by atoms with Gasteiger partial charge >= 0.3 is 0 Å². The Bertz CT molecular complexity index is 301. The summed E-state index contributed by atoms with van der Waals surface area (Å²) < 4.78 is 0. The highest BCUT2D eigenvalue weighted by atomic mass is 35.5. The first-order valence-electron chi connectivity index (χ1n) is 7.70. The number of hydrogen-bond acceptors (Lipinski definition) is 2. The summed E-state index contributed by atoms with van der Waals surface area (Å²) in [6.07, 6.45) is 7.47. The van der Waals surface area contributed by atoms with E-state index in [2.05, 4.69) is 13.8 Å². The molecule has 2 rings (SSSR count). The molecule has 19 heavy (non-hydrogen) atoms. The second-order valence-electron chi connectivity index (χ2n) is 5.99. The fourth-order valence-corrected chi connectivity index (χ4v) is 4.00. The van der Waals surface area contributed by atoms with Crippen LogP contribution in [0.3, 0.4) is 0 Å². The minimum atomic E-state index is -0.0683. The van der Waals surface area contributed by atoms with Crippen LogP contribution >= 0.6 is 12.4 Å². The van der Waals surface area contributed by atoms with E-state index in [1.807, 2.05) is 4.90 Å². The number of amides is 1. The Hall–Kier alpha value is -0.280. The molecule has 3 nitrogen and oxygen atoms in total. The Morgan fingerprint density at radius 1 is 1.21 bits per heavy atom. The summed E-state index contributed by atoms with van der Waals surface area (Å²) in [7, 11) is 0. The van der Waals surface area contributed by atoms with E-state index in [0.717, 1.165) is 19.5 Å². The molecule has 2 N–H and O–H groups in total. The molecule has 4 heteroatoms. The molecule has 0 aromatic carbocycles. The van der Waals surface area contributed by atoms with Gasteiger partial charge in [0.15, 0.2) is 0 Å². The number of hydrogen-bond donors (Lipinski definition) is 1. The second kappa shape index (κ2) is 6.94. The van der Waals surface area contributed by atoms with Gasteiger partial charge in [0.25, 0.3) is 0 Å². The van der Waals surface area contributed by atoms with E-state index in [4.69, 9.17) is 5.73 Å². The van der Waals surface area contributed by atoms with Crippen molar-refractivity contribution < 1.29 is 4.79 Å². The fourth-order valence-electron chi connectivity index (χ4n) is 4.00. The van der Waals surface area contributed by atoms with Crippen LogP contribution in [0.15, 0.2) is 0 Å². The molecule has 2 fully saturated rings. The number of carbonyl (C=O) groups excluding carboxylic acids is 1. The van der Waals surface area contributed by atoms with Crippen LogP contribution in [0.25, 0.3) is 0 Å². The maximum atomic E-state index is 12.8. The monoisotopic (exact) mass is 288 g/mol. The van der Waals surface area contributed by atoms with E-state index in [1.54, 1.807) is 0 Å². The highest BCUT2D eigenvalue weighted by Crippen LogP contribution is 2.61. The number of rotatable bonds is 5. The van der Waals surface area contributed by atoms with E-state index >= 15 is 0 Å². The molecule has 0 spiro atoms. The third kappa shape index (κ3) is 2.92. The van der Waals surface area contributed by atoms with Crippen LogP contribution in [0, 0.1) is 17.3 Å². The van der Waals surface area contributed by atoms with Crippen LogP contribution in [0.5, 0.6) is 0 Å². The largest absolute Gasteiger partial charge is 0.343 e. The topological polar surface area (TPSA) is 46.3 Å². The standard InChI is InChI=1S/C15H28N2O.ClH/c1-3-17(4-2)14(18)15(10-13(15)11-16)12-8-6-5-7-9-12;/h12-13H,3-11,16H2,1-2H3;1H.